The number of nitrogens with zero attached hydrogens (tertiary/aromatic N) is 3. The molecule has 12 heteroatoms. The molecule has 0 spiro atoms. The number of nitrogens with one attached hydrogen (secondary N) is 1. The quantitative estimate of drug-likeness (QED) is 0.336. The number of esters is 2. The first-order valence-electron chi connectivity index (χ1n) is 16.4. The third-order valence-corrected chi connectivity index (χ3v) is 11.3. The molecule has 1 N–H and O–H groups in total. The predicted molar refractivity (Wildman–Crippen MR) is 186 cm³/mol. The van der Waals surface area contributed by atoms with Crippen LogP contribution in [0.1, 0.15) is 56.1 Å². The van der Waals surface area contributed by atoms with Crippen LogP contribution in [-0.2, 0) is 30.4 Å². The monoisotopic (exact) mass is 714 g/mol. The van der Waals surface area contributed by atoms with Gasteiger partial charge in [0.25, 0.3) is 0 Å². The number of allylic oxidation sites excluding steroid dienone is 1. The van der Waals surface area contributed by atoms with E-state index in [1.54, 1.807) is 25.1 Å². The number of ether oxygens (including phenoxy) is 2. The number of rotatable bonds is 8. The van der Waals surface area contributed by atoms with Gasteiger partial charge in [-0.25, -0.2) is 9.59 Å². The molecule has 4 heterocycles. The largest absolute Gasteiger partial charge is 0.466 e. The van der Waals surface area contributed by atoms with E-state index in [1.165, 1.54) is 32.6 Å². The Morgan fingerprint density at radius 3 is 2.04 bits per heavy atom. The van der Waals surface area contributed by atoms with Crippen LogP contribution >= 0.6 is 34.8 Å². The molecule has 48 heavy (non-hydrogen) atoms. The van der Waals surface area contributed by atoms with Crippen molar-refractivity contribution < 1.29 is 23.9 Å². The van der Waals surface area contributed by atoms with E-state index in [4.69, 9.17) is 44.3 Å². The van der Waals surface area contributed by atoms with Gasteiger partial charge in [-0.1, -0.05) is 53.0 Å². The summed E-state index contributed by atoms with van der Waals surface area (Å²) < 4.78 is 10.3. The highest BCUT2D eigenvalue weighted by atomic mass is 35.5. The lowest BCUT2D eigenvalue weighted by Gasteiger charge is -2.46. The van der Waals surface area contributed by atoms with Gasteiger partial charge in [0, 0.05) is 82.9 Å². The summed E-state index contributed by atoms with van der Waals surface area (Å²) in [5, 5.41) is 4.49. The first kappa shape index (κ1) is 34.8. The maximum absolute atomic E-state index is 13.8. The molecule has 3 unspecified atom stereocenters. The summed E-state index contributed by atoms with van der Waals surface area (Å²) in [6.07, 6.45) is 4.61. The molecule has 2 aromatic carbocycles. The molecule has 4 aliphatic rings. The maximum Gasteiger partial charge on any atom is 0.336 e. The van der Waals surface area contributed by atoms with Gasteiger partial charge in [-0.3, -0.25) is 14.6 Å². The van der Waals surface area contributed by atoms with Crippen molar-refractivity contribution in [3.63, 3.8) is 0 Å². The molecule has 3 atom stereocenters. The Kier molecular flexibility index (Phi) is 10.7. The summed E-state index contributed by atoms with van der Waals surface area (Å²) in [4.78, 5) is 47.4. The third kappa shape index (κ3) is 6.98. The number of methoxy groups -OCH3 is 2. The summed E-state index contributed by atoms with van der Waals surface area (Å²) in [6.45, 7) is 5.42. The fourth-order valence-electron chi connectivity index (χ4n) is 8.09. The molecule has 9 nitrogen and oxygen atoms in total. The fourth-order valence-corrected chi connectivity index (χ4v) is 8.92. The number of amides is 1. The van der Waals surface area contributed by atoms with Gasteiger partial charge in [-0.2, -0.15) is 0 Å². The van der Waals surface area contributed by atoms with Crippen LogP contribution in [0.2, 0.25) is 15.1 Å². The van der Waals surface area contributed by atoms with Crippen molar-refractivity contribution in [3.05, 3.63) is 91.2 Å². The number of dihydropyridines is 1. The lowest BCUT2D eigenvalue weighted by atomic mass is 9.79. The first-order chi connectivity index (χ1) is 23.1. The van der Waals surface area contributed by atoms with E-state index in [9.17, 15) is 14.4 Å². The van der Waals surface area contributed by atoms with Crippen LogP contribution in [-0.4, -0.2) is 91.1 Å². The molecular formula is C36H41Cl3N4O5. The van der Waals surface area contributed by atoms with Crippen LogP contribution in [0, 0.1) is 0 Å². The van der Waals surface area contributed by atoms with Crippen LogP contribution in [0.15, 0.2) is 65.0 Å². The Labute approximate surface area is 296 Å². The Hall–Kier alpha value is -3.08. The van der Waals surface area contributed by atoms with Crippen molar-refractivity contribution in [3.8, 4) is 0 Å². The highest BCUT2D eigenvalue weighted by Crippen LogP contribution is 2.45. The second kappa shape index (κ2) is 14.8. The minimum atomic E-state index is -0.993. The van der Waals surface area contributed by atoms with Gasteiger partial charge in [-0.15, -0.1) is 0 Å². The van der Waals surface area contributed by atoms with Crippen molar-refractivity contribution in [1.29, 1.82) is 0 Å². The van der Waals surface area contributed by atoms with E-state index in [1.807, 2.05) is 17.0 Å². The molecule has 0 radical (unpaired) electrons. The van der Waals surface area contributed by atoms with Gasteiger partial charge in [-0.05, 0) is 62.4 Å². The molecule has 6 rings (SSSR count). The number of hydrogen-bond donors (Lipinski definition) is 1. The molecule has 3 fully saturated rings. The van der Waals surface area contributed by atoms with Crippen molar-refractivity contribution in [2.24, 2.45) is 0 Å². The first-order valence-corrected chi connectivity index (χ1v) is 17.6. The Morgan fingerprint density at radius 2 is 1.44 bits per heavy atom. The predicted octanol–water partition coefficient (Wildman–Crippen LogP) is 5.94. The molecule has 0 aromatic heterocycles. The van der Waals surface area contributed by atoms with Crippen molar-refractivity contribution in [1.82, 2.24) is 20.0 Å². The third-order valence-electron chi connectivity index (χ3n) is 10.4. The molecule has 0 saturated carbocycles. The summed E-state index contributed by atoms with van der Waals surface area (Å²) in [6, 6.07) is 14.7. The van der Waals surface area contributed by atoms with Crippen LogP contribution in [0.5, 0.6) is 0 Å². The zero-order chi connectivity index (χ0) is 34.1. The van der Waals surface area contributed by atoms with Gasteiger partial charge < -0.3 is 19.7 Å². The molecule has 0 aliphatic carbocycles. The number of benzene rings is 2. The molecule has 1 amide bonds. The Morgan fingerprint density at radius 1 is 0.833 bits per heavy atom. The number of hydrogen-bond acceptors (Lipinski definition) is 8. The van der Waals surface area contributed by atoms with E-state index < -0.39 is 17.9 Å². The lowest BCUT2D eigenvalue weighted by Crippen LogP contribution is -2.56. The van der Waals surface area contributed by atoms with Crippen LogP contribution in [0.4, 0.5) is 0 Å². The zero-order valence-corrected chi connectivity index (χ0v) is 29.7. The number of piperidine rings is 1. The standard InChI is InChI=1S/C36H41Cl3N4O5/c1-21-31(35(45)47-2)34(32-27(38)8-5-9-28(32)39)33(36(46)48-3)29(40-21)19-30(44)42-14-12-41(13-15-42)26-17-24-10-11-25(18-26)43(24)20-22-6-4-7-23(37)16-22/h4-9,16,24-26,34,40H,10-15,17-20H2,1-3H3. The summed E-state index contributed by atoms with van der Waals surface area (Å²) in [5.74, 6) is -2.45. The SMILES string of the molecule is COC(=O)C1=C(C)NC(CC(=O)N2CCN(C3CC4CCC(C3)N4Cc3cccc(Cl)c3)CC2)=C(C(=O)OC)C1c1c(Cl)cccc1Cl. The fraction of sp³-hybridized carbons (Fsp3) is 0.472. The number of halogens is 3. The Bertz CT molecular complexity index is 1620. The highest BCUT2D eigenvalue weighted by Gasteiger charge is 2.44. The van der Waals surface area contributed by atoms with Gasteiger partial charge in [0.15, 0.2) is 0 Å². The molecule has 2 aromatic rings. The average Bonchev–Trinajstić information content (AvgIpc) is 3.28. The molecule has 3 saturated heterocycles. The second-order valence-corrected chi connectivity index (χ2v) is 14.3. The second-order valence-electron chi connectivity index (χ2n) is 13.0. The molecular weight excluding hydrogens is 675 g/mol. The number of carbonyl (C=O) groups excluding carboxylic acids is 3. The molecule has 4 aliphatic heterocycles. The van der Waals surface area contributed by atoms with E-state index in [-0.39, 0.29) is 33.5 Å². The van der Waals surface area contributed by atoms with E-state index in [0.29, 0.717) is 48.2 Å². The molecule has 2 bridgehead atoms. The van der Waals surface area contributed by atoms with E-state index in [0.717, 1.165) is 37.5 Å². The Balaban J connectivity index is 1.15. The minimum absolute atomic E-state index is 0.0825. The number of fused-ring (bicyclic) bond motifs is 2. The lowest BCUT2D eigenvalue weighted by molar-refractivity contribution is -0.137. The normalized spacial score (nSPS) is 24.8. The van der Waals surface area contributed by atoms with Crippen molar-refractivity contribution in [2.45, 2.75) is 69.6 Å². The van der Waals surface area contributed by atoms with Crippen molar-refractivity contribution in [2.75, 3.05) is 40.4 Å². The van der Waals surface area contributed by atoms with Crippen molar-refractivity contribution >= 4 is 52.6 Å². The number of carbonyl (C=O) groups is 3. The highest BCUT2D eigenvalue weighted by molar-refractivity contribution is 6.36. The average molecular weight is 716 g/mol. The van der Waals surface area contributed by atoms with Crippen LogP contribution < -0.4 is 5.32 Å². The zero-order valence-electron chi connectivity index (χ0n) is 27.4. The van der Waals surface area contributed by atoms with E-state index >= 15 is 0 Å². The van der Waals surface area contributed by atoms with Gasteiger partial charge >= 0.3 is 11.9 Å². The number of piperazine rings is 1. The van der Waals surface area contributed by atoms with Crippen LogP contribution in [0.25, 0.3) is 0 Å². The maximum atomic E-state index is 13.8. The smallest absolute Gasteiger partial charge is 0.336 e. The van der Waals surface area contributed by atoms with Gasteiger partial charge in [0.2, 0.25) is 5.91 Å². The van der Waals surface area contributed by atoms with E-state index in [2.05, 4.69) is 27.2 Å². The summed E-state index contributed by atoms with van der Waals surface area (Å²) in [5.41, 5.74) is 2.70. The summed E-state index contributed by atoms with van der Waals surface area (Å²) >= 11 is 19.5. The van der Waals surface area contributed by atoms with Crippen LogP contribution in [0.3, 0.4) is 0 Å². The van der Waals surface area contributed by atoms with Gasteiger partial charge in [0.1, 0.15) is 0 Å². The topological polar surface area (TPSA) is 91.4 Å². The summed E-state index contributed by atoms with van der Waals surface area (Å²) in [7, 11) is 2.53. The van der Waals surface area contributed by atoms with Gasteiger partial charge in [0.05, 0.1) is 37.7 Å². The molecule has 256 valence electrons. The minimum Gasteiger partial charge on any atom is -0.466 e.